The van der Waals surface area contributed by atoms with Crippen LogP contribution in [0.4, 0.5) is 14.0 Å². The maximum atomic E-state index is 13.7. The molecule has 0 fully saturated rings. The summed E-state index contributed by atoms with van der Waals surface area (Å²) in [5.41, 5.74) is 0.810. The predicted molar refractivity (Wildman–Crippen MR) is 121 cm³/mol. The summed E-state index contributed by atoms with van der Waals surface area (Å²) in [6.45, 7) is 12.9. The number of amides is 1. The fraction of sp³-hybridized carbons (Fsp3) is 0.318. The third-order valence-corrected chi connectivity index (χ3v) is 4.36. The molecule has 2 aromatic rings. The van der Waals surface area contributed by atoms with Crippen LogP contribution in [0.1, 0.15) is 45.4 Å². The molecular formula is C22H27F2N3O3S. The minimum atomic E-state index is -0.858. The Morgan fingerprint density at radius 3 is 2.61 bits per heavy atom. The number of hydrogen-bond acceptors (Lipinski definition) is 5. The van der Waals surface area contributed by atoms with Gasteiger partial charge in [-0.1, -0.05) is 26.0 Å². The Morgan fingerprint density at radius 1 is 1.32 bits per heavy atom. The van der Waals surface area contributed by atoms with Crippen molar-refractivity contribution < 1.29 is 22.6 Å². The van der Waals surface area contributed by atoms with Gasteiger partial charge in [-0.3, -0.25) is 9.59 Å². The molecule has 0 saturated heterocycles. The summed E-state index contributed by atoms with van der Waals surface area (Å²) in [6, 6.07) is 3.77. The zero-order valence-corrected chi connectivity index (χ0v) is 18.7. The summed E-state index contributed by atoms with van der Waals surface area (Å²) in [4.78, 5) is 28.6. The lowest BCUT2D eigenvalue weighted by Crippen LogP contribution is -2.18. The lowest BCUT2D eigenvalue weighted by atomic mass is 10.1. The van der Waals surface area contributed by atoms with Crippen LogP contribution < -0.4 is 5.32 Å². The molecule has 0 spiro atoms. The van der Waals surface area contributed by atoms with Crippen molar-refractivity contribution in [3.8, 4) is 11.3 Å². The Balaban J connectivity index is 0.00000233. The predicted octanol–water partition coefficient (Wildman–Crippen LogP) is 5.83. The molecule has 9 heteroatoms. The second-order valence-corrected chi connectivity index (χ2v) is 6.47. The molecule has 31 heavy (non-hydrogen) atoms. The fourth-order valence-corrected chi connectivity index (χ4v) is 3.07. The van der Waals surface area contributed by atoms with Crippen molar-refractivity contribution in [2.45, 2.75) is 39.5 Å². The van der Waals surface area contributed by atoms with Crippen LogP contribution >= 0.6 is 12.3 Å². The summed E-state index contributed by atoms with van der Waals surface area (Å²) in [5, 5.41) is 2.59. The Labute approximate surface area is 185 Å². The molecule has 0 aliphatic carbocycles. The van der Waals surface area contributed by atoms with Crippen molar-refractivity contribution in [2.24, 2.45) is 0 Å². The minimum Gasteiger partial charge on any atom is -0.465 e. The molecule has 0 radical (unpaired) electrons. The van der Waals surface area contributed by atoms with Crippen LogP contribution in [-0.4, -0.2) is 27.4 Å². The molecule has 1 aromatic heterocycles. The molecule has 6 nitrogen and oxygen atoms in total. The van der Waals surface area contributed by atoms with Gasteiger partial charge < -0.3 is 10.1 Å². The number of carbonyl (C=O) groups is 2. The first kappa shape index (κ1) is 26.1. The van der Waals surface area contributed by atoms with E-state index in [1.165, 1.54) is 30.5 Å². The number of carbonyl (C=O) groups excluding carboxylic acids is 2. The minimum absolute atomic E-state index is 0.0419. The van der Waals surface area contributed by atoms with E-state index < -0.39 is 17.7 Å². The van der Waals surface area contributed by atoms with Gasteiger partial charge in [0.1, 0.15) is 17.6 Å². The zero-order chi connectivity index (χ0) is 23.4. The molecule has 0 saturated carbocycles. The van der Waals surface area contributed by atoms with E-state index in [1.54, 1.807) is 6.92 Å². The molecule has 2 rings (SSSR count). The van der Waals surface area contributed by atoms with Crippen LogP contribution in [-0.2, 0) is 14.3 Å². The maximum absolute atomic E-state index is 13.7. The molecular weight excluding hydrogens is 424 g/mol. The largest absolute Gasteiger partial charge is 0.465 e. The standard InChI is InChI=1S/C20H21F2N3O3S.C2H6/c1-4-7-15(20(27)28-6-3)19-24-17(12-25(19)29-22)14-10-9-13(21)11-16(14)23-18(26)8-5-2;1-2/h4-5,9-12,15H,1-2,6-8H2,3H3,(H,23,26);1-2H3. The van der Waals surface area contributed by atoms with Crippen LogP contribution in [0.2, 0.25) is 0 Å². The van der Waals surface area contributed by atoms with E-state index in [9.17, 15) is 17.9 Å². The van der Waals surface area contributed by atoms with Gasteiger partial charge in [-0.15, -0.1) is 17.0 Å². The second-order valence-electron chi connectivity index (χ2n) is 5.94. The Bertz CT molecular complexity index is 915. The SMILES string of the molecule is C=CCC(=O)Nc1cc(F)ccc1-c1cn(SF)c(C(CC=C)C(=O)OCC)n1.CC. The van der Waals surface area contributed by atoms with Crippen molar-refractivity contribution in [1.29, 1.82) is 0 Å². The molecule has 1 unspecified atom stereocenters. The van der Waals surface area contributed by atoms with Crippen LogP contribution in [0.25, 0.3) is 11.3 Å². The first-order valence-electron chi connectivity index (χ1n) is 9.81. The molecule has 1 atom stereocenters. The highest BCUT2D eigenvalue weighted by atomic mass is 32.2. The quantitative estimate of drug-likeness (QED) is 0.363. The van der Waals surface area contributed by atoms with Gasteiger partial charge in [-0.25, -0.2) is 13.3 Å². The van der Waals surface area contributed by atoms with E-state index in [2.05, 4.69) is 23.5 Å². The summed E-state index contributed by atoms with van der Waals surface area (Å²) < 4.78 is 33.4. The smallest absolute Gasteiger partial charge is 0.316 e. The number of rotatable bonds is 10. The Morgan fingerprint density at radius 2 is 2.03 bits per heavy atom. The highest BCUT2D eigenvalue weighted by Crippen LogP contribution is 2.33. The number of hydrogen-bond donors (Lipinski definition) is 1. The van der Waals surface area contributed by atoms with Gasteiger partial charge in [-0.05, 0) is 31.5 Å². The third-order valence-electron chi connectivity index (χ3n) is 3.92. The van der Waals surface area contributed by atoms with Gasteiger partial charge in [0.15, 0.2) is 12.3 Å². The Kier molecular flexibility index (Phi) is 11.3. The summed E-state index contributed by atoms with van der Waals surface area (Å²) in [6.07, 6.45) is 4.54. The third kappa shape index (κ3) is 7.06. The highest BCUT2D eigenvalue weighted by molar-refractivity contribution is 7.92. The number of halogens is 2. The van der Waals surface area contributed by atoms with Gasteiger partial charge in [0, 0.05) is 18.2 Å². The average Bonchev–Trinajstić information content (AvgIpc) is 3.17. The van der Waals surface area contributed by atoms with Gasteiger partial charge >= 0.3 is 5.97 Å². The number of nitrogens with one attached hydrogen (secondary N) is 1. The summed E-state index contributed by atoms with van der Waals surface area (Å²) >= 11 is -0.131. The van der Waals surface area contributed by atoms with Crippen LogP contribution in [0, 0.1) is 5.82 Å². The Hall–Kier alpha value is -2.94. The van der Waals surface area contributed by atoms with Gasteiger partial charge in [0.05, 0.1) is 18.0 Å². The van der Waals surface area contributed by atoms with Crippen molar-refractivity contribution >= 4 is 29.9 Å². The first-order chi connectivity index (χ1) is 14.9. The first-order valence-corrected chi connectivity index (χ1v) is 10.5. The second kappa shape index (κ2) is 13.4. The van der Waals surface area contributed by atoms with E-state index in [0.29, 0.717) is 5.56 Å². The molecule has 1 aromatic carbocycles. The lowest BCUT2D eigenvalue weighted by molar-refractivity contribution is -0.145. The van der Waals surface area contributed by atoms with E-state index in [1.807, 2.05) is 13.8 Å². The fourth-order valence-electron chi connectivity index (χ4n) is 2.69. The average molecular weight is 452 g/mol. The highest BCUT2D eigenvalue weighted by Gasteiger charge is 2.28. The molecule has 168 valence electrons. The summed E-state index contributed by atoms with van der Waals surface area (Å²) in [7, 11) is 0. The van der Waals surface area contributed by atoms with E-state index in [4.69, 9.17) is 4.74 Å². The maximum Gasteiger partial charge on any atom is 0.316 e. The molecule has 1 N–H and O–H groups in total. The van der Waals surface area contributed by atoms with Crippen LogP contribution in [0.15, 0.2) is 49.7 Å². The number of esters is 1. The number of ether oxygens (including phenoxy) is 1. The normalized spacial score (nSPS) is 11.0. The number of allylic oxidation sites excluding steroid dienone is 1. The molecule has 0 aliphatic heterocycles. The number of aromatic nitrogens is 2. The van der Waals surface area contributed by atoms with E-state index in [-0.39, 0.29) is 54.9 Å². The molecule has 1 amide bonds. The van der Waals surface area contributed by atoms with Crippen molar-refractivity contribution in [2.75, 3.05) is 11.9 Å². The van der Waals surface area contributed by atoms with Crippen LogP contribution in [0.5, 0.6) is 0 Å². The topological polar surface area (TPSA) is 73.2 Å². The molecule has 0 aliphatic rings. The van der Waals surface area contributed by atoms with Crippen molar-refractivity contribution in [3.63, 3.8) is 0 Å². The molecule has 0 bridgehead atoms. The number of anilines is 1. The van der Waals surface area contributed by atoms with Gasteiger partial charge in [-0.2, -0.15) is 0 Å². The molecule has 1 heterocycles. The lowest BCUT2D eigenvalue weighted by Gasteiger charge is -2.13. The monoisotopic (exact) mass is 451 g/mol. The van der Waals surface area contributed by atoms with E-state index >= 15 is 0 Å². The van der Waals surface area contributed by atoms with Gasteiger partial charge in [0.2, 0.25) is 5.91 Å². The number of benzene rings is 1. The number of imidazole rings is 1. The van der Waals surface area contributed by atoms with Gasteiger partial charge in [0.25, 0.3) is 0 Å². The summed E-state index contributed by atoms with van der Waals surface area (Å²) in [5.74, 6) is -2.23. The van der Waals surface area contributed by atoms with Crippen molar-refractivity contribution in [1.82, 2.24) is 8.96 Å². The van der Waals surface area contributed by atoms with E-state index in [0.717, 1.165) is 10.0 Å². The van der Waals surface area contributed by atoms with Crippen LogP contribution in [0.3, 0.4) is 0 Å². The van der Waals surface area contributed by atoms with Crippen molar-refractivity contribution in [3.05, 3.63) is 61.3 Å². The number of nitrogens with zero attached hydrogens (tertiary/aromatic N) is 2. The zero-order valence-electron chi connectivity index (χ0n) is 17.9.